The second-order valence-electron chi connectivity index (χ2n) is 5.13. The summed E-state index contributed by atoms with van der Waals surface area (Å²) in [5, 5.41) is 22.0. The molecule has 4 nitrogen and oxygen atoms in total. The third kappa shape index (κ3) is 4.42. The molecule has 18 heavy (non-hydrogen) atoms. The Hall–Kier alpha value is -0.883. The van der Waals surface area contributed by atoms with Gasteiger partial charge in [-0.1, -0.05) is 18.2 Å². The Kier molecular flexibility index (Phi) is 5.81. The molecule has 5 heteroatoms. The molecule has 2 atom stereocenters. The van der Waals surface area contributed by atoms with Gasteiger partial charge in [-0.05, 0) is 25.2 Å². The highest BCUT2D eigenvalue weighted by Crippen LogP contribution is 2.28. The van der Waals surface area contributed by atoms with Crippen LogP contribution in [0.2, 0.25) is 18.6 Å². The highest BCUT2D eigenvalue weighted by molar-refractivity contribution is 6.71. The van der Waals surface area contributed by atoms with E-state index >= 15 is 0 Å². The molecule has 0 saturated carbocycles. The molecule has 0 aliphatic rings. The first-order valence-corrected chi connectivity index (χ1v) is 9.24. The Morgan fingerprint density at radius 2 is 1.72 bits per heavy atom. The summed E-state index contributed by atoms with van der Waals surface area (Å²) in [5.41, 5.74) is 0.753. The maximum absolute atomic E-state index is 10.1. The molecular formula is C13H23NO3Si. The molecular weight excluding hydrogens is 246 g/mol. The Labute approximate surface area is 109 Å². The van der Waals surface area contributed by atoms with Crippen molar-refractivity contribution in [3.05, 3.63) is 30.3 Å². The third-order valence-electron chi connectivity index (χ3n) is 3.25. The highest BCUT2D eigenvalue weighted by atomic mass is 28.4. The van der Waals surface area contributed by atoms with Crippen molar-refractivity contribution in [2.75, 3.05) is 25.1 Å². The van der Waals surface area contributed by atoms with Gasteiger partial charge in [0.25, 0.3) is 0 Å². The highest BCUT2D eigenvalue weighted by Gasteiger charge is 2.35. The van der Waals surface area contributed by atoms with Gasteiger partial charge in [-0.15, -0.1) is 0 Å². The third-order valence-corrected chi connectivity index (χ3v) is 5.72. The molecule has 0 amide bonds. The smallest absolute Gasteiger partial charge is 0.188 e. The molecule has 0 heterocycles. The lowest BCUT2D eigenvalue weighted by molar-refractivity contribution is 0.180. The maximum Gasteiger partial charge on any atom is 0.188 e. The topological polar surface area (TPSA) is 72.7 Å². The number of nitrogens with one attached hydrogen (secondary N) is 1. The Bertz CT molecular complexity index is 340. The molecule has 102 valence electrons. The van der Waals surface area contributed by atoms with Gasteiger partial charge >= 0.3 is 0 Å². The first-order valence-electron chi connectivity index (χ1n) is 6.22. The summed E-state index contributed by atoms with van der Waals surface area (Å²) < 4.78 is 0. The van der Waals surface area contributed by atoms with Crippen LogP contribution in [0.4, 0.5) is 5.69 Å². The number of hydrogen-bond acceptors (Lipinski definition) is 4. The fourth-order valence-corrected chi connectivity index (χ4v) is 3.91. The van der Waals surface area contributed by atoms with E-state index in [0.29, 0.717) is 6.54 Å². The van der Waals surface area contributed by atoms with Crippen LogP contribution in [0, 0.1) is 5.92 Å². The molecule has 0 fully saturated rings. The van der Waals surface area contributed by atoms with E-state index in [1.165, 1.54) is 0 Å². The van der Waals surface area contributed by atoms with Crippen LogP contribution in [0.15, 0.2) is 30.3 Å². The van der Waals surface area contributed by atoms with Crippen molar-refractivity contribution in [3.63, 3.8) is 0 Å². The number of anilines is 1. The number of aliphatic hydroxyl groups excluding tert-OH is 2. The van der Waals surface area contributed by atoms with Gasteiger partial charge < -0.3 is 20.3 Å². The fraction of sp³-hybridized carbons (Fsp3) is 0.538. The minimum absolute atomic E-state index is 0.0396. The molecule has 1 aromatic carbocycles. The van der Waals surface area contributed by atoms with E-state index in [2.05, 4.69) is 5.32 Å². The first kappa shape index (κ1) is 15.2. The van der Waals surface area contributed by atoms with E-state index in [1.807, 2.05) is 30.3 Å². The van der Waals surface area contributed by atoms with Crippen LogP contribution in [0.5, 0.6) is 0 Å². The molecule has 0 bridgehead atoms. The average Bonchev–Trinajstić information content (AvgIpc) is 2.34. The van der Waals surface area contributed by atoms with Crippen LogP contribution in [0.3, 0.4) is 0 Å². The standard InChI is InChI=1S/C13H23NO3Si/c1-18(2,17)13(10-16)11(9-15)8-14-12-6-4-3-5-7-12/h3-7,11,13-17H,8-10H2,1-2H3/t11-,13-/m1/s1. The normalized spacial score (nSPS) is 15.2. The van der Waals surface area contributed by atoms with Crippen molar-refractivity contribution in [1.29, 1.82) is 0 Å². The zero-order chi connectivity index (χ0) is 13.6. The van der Waals surface area contributed by atoms with Gasteiger partial charge in [0.1, 0.15) is 0 Å². The number of hydrogen-bond donors (Lipinski definition) is 4. The van der Waals surface area contributed by atoms with Crippen molar-refractivity contribution in [2.45, 2.75) is 18.6 Å². The Morgan fingerprint density at radius 1 is 1.11 bits per heavy atom. The monoisotopic (exact) mass is 269 g/mol. The second kappa shape index (κ2) is 6.89. The average molecular weight is 269 g/mol. The number of benzene rings is 1. The first-order chi connectivity index (χ1) is 8.49. The van der Waals surface area contributed by atoms with Crippen molar-refractivity contribution < 1.29 is 15.0 Å². The summed E-state index contributed by atoms with van der Waals surface area (Å²) in [6, 6.07) is 9.71. The lowest BCUT2D eigenvalue weighted by Crippen LogP contribution is -2.42. The van der Waals surface area contributed by atoms with Gasteiger partial charge in [0.15, 0.2) is 8.32 Å². The van der Waals surface area contributed by atoms with Crippen molar-refractivity contribution in [1.82, 2.24) is 0 Å². The van der Waals surface area contributed by atoms with Gasteiger partial charge in [-0.2, -0.15) is 0 Å². The fourth-order valence-electron chi connectivity index (χ4n) is 2.09. The lowest BCUT2D eigenvalue weighted by Gasteiger charge is -2.32. The van der Waals surface area contributed by atoms with Gasteiger partial charge in [-0.25, -0.2) is 0 Å². The SMILES string of the molecule is C[Si](C)(O)[C@H](CO)[C@@H](CO)CNc1ccccc1. The summed E-state index contributed by atoms with van der Waals surface area (Å²) in [5.74, 6) is -0.137. The van der Waals surface area contributed by atoms with Crippen LogP contribution in [-0.2, 0) is 0 Å². The molecule has 0 aromatic heterocycles. The lowest BCUT2D eigenvalue weighted by atomic mass is 10.1. The van der Waals surface area contributed by atoms with Crippen LogP contribution < -0.4 is 5.32 Å². The molecule has 1 rings (SSSR count). The van der Waals surface area contributed by atoms with Crippen LogP contribution >= 0.6 is 0 Å². The van der Waals surface area contributed by atoms with Gasteiger partial charge in [0, 0.05) is 36.9 Å². The number of aliphatic hydroxyl groups is 2. The van der Waals surface area contributed by atoms with Crippen LogP contribution in [0.1, 0.15) is 0 Å². The molecule has 0 spiro atoms. The van der Waals surface area contributed by atoms with Crippen molar-refractivity contribution in [2.24, 2.45) is 5.92 Å². The Morgan fingerprint density at radius 3 is 2.17 bits per heavy atom. The summed E-state index contributed by atoms with van der Waals surface area (Å²) in [6.07, 6.45) is 0. The minimum Gasteiger partial charge on any atom is -0.432 e. The van der Waals surface area contributed by atoms with Crippen LogP contribution in [0.25, 0.3) is 0 Å². The predicted molar refractivity (Wildman–Crippen MR) is 76.0 cm³/mol. The molecule has 0 radical (unpaired) electrons. The summed E-state index contributed by atoms with van der Waals surface area (Å²) in [7, 11) is -2.46. The van der Waals surface area contributed by atoms with E-state index < -0.39 is 8.32 Å². The second-order valence-corrected chi connectivity index (χ2v) is 9.18. The van der Waals surface area contributed by atoms with Gasteiger partial charge in [0.05, 0.1) is 0 Å². The van der Waals surface area contributed by atoms with Crippen LogP contribution in [-0.4, -0.2) is 43.1 Å². The summed E-state index contributed by atoms with van der Waals surface area (Å²) >= 11 is 0. The van der Waals surface area contributed by atoms with Crippen molar-refractivity contribution in [3.8, 4) is 0 Å². The zero-order valence-corrected chi connectivity index (χ0v) is 12.0. The summed E-state index contributed by atoms with van der Waals surface area (Å²) in [4.78, 5) is 10.1. The van der Waals surface area contributed by atoms with E-state index in [0.717, 1.165) is 5.69 Å². The molecule has 0 aliphatic carbocycles. The van der Waals surface area contributed by atoms with Crippen molar-refractivity contribution >= 4 is 14.0 Å². The van der Waals surface area contributed by atoms with E-state index in [4.69, 9.17) is 0 Å². The molecule has 0 aliphatic heterocycles. The van der Waals surface area contributed by atoms with E-state index in [-0.39, 0.29) is 24.7 Å². The van der Waals surface area contributed by atoms with Gasteiger partial charge in [-0.3, -0.25) is 0 Å². The maximum atomic E-state index is 10.1. The van der Waals surface area contributed by atoms with E-state index in [1.54, 1.807) is 13.1 Å². The molecule has 0 unspecified atom stereocenters. The Balaban J connectivity index is 2.61. The molecule has 4 N–H and O–H groups in total. The van der Waals surface area contributed by atoms with E-state index in [9.17, 15) is 15.0 Å². The number of rotatable bonds is 7. The minimum atomic E-state index is -2.46. The summed E-state index contributed by atoms with van der Waals surface area (Å²) in [6.45, 7) is 4.00. The number of para-hydroxylation sites is 1. The molecule has 0 saturated heterocycles. The van der Waals surface area contributed by atoms with Gasteiger partial charge in [0.2, 0.25) is 0 Å². The largest absolute Gasteiger partial charge is 0.432 e. The zero-order valence-electron chi connectivity index (χ0n) is 11.0. The molecule has 1 aromatic rings. The predicted octanol–water partition coefficient (Wildman–Crippen LogP) is 1.27. The quantitative estimate of drug-likeness (QED) is 0.563.